The number of amides is 1. The highest BCUT2D eigenvalue weighted by atomic mass is 16.5. The van der Waals surface area contributed by atoms with Gasteiger partial charge in [0.1, 0.15) is 0 Å². The second kappa shape index (κ2) is 7.07. The first-order valence-corrected chi connectivity index (χ1v) is 7.81. The maximum atomic E-state index is 12.1. The number of nitrogens with zero attached hydrogens (tertiary/aromatic N) is 1. The van der Waals surface area contributed by atoms with E-state index in [-0.39, 0.29) is 5.91 Å². The zero-order chi connectivity index (χ0) is 15.2. The van der Waals surface area contributed by atoms with E-state index >= 15 is 0 Å². The number of hydrogen-bond donors (Lipinski definition) is 1. The van der Waals surface area contributed by atoms with Crippen molar-refractivity contribution in [1.29, 1.82) is 0 Å². The summed E-state index contributed by atoms with van der Waals surface area (Å²) in [4.78, 5) is 12.1. The van der Waals surface area contributed by atoms with Crippen LogP contribution in [0.2, 0.25) is 0 Å². The third-order valence-electron chi connectivity index (χ3n) is 3.92. The lowest BCUT2D eigenvalue weighted by molar-refractivity contribution is 0.0945. The number of benzene rings is 1. The van der Waals surface area contributed by atoms with Crippen molar-refractivity contribution in [1.82, 2.24) is 10.5 Å². The van der Waals surface area contributed by atoms with Gasteiger partial charge in [-0.15, -0.1) is 0 Å². The van der Waals surface area contributed by atoms with Gasteiger partial charge in [0.15, 0.2) is 11.5 Å². The topological polar surface area (TPSA) is 55.1 Å². The summed E-state index contributed by atoms with van der Waals surface area (Å²) in [6.45, 7) is 0.651. The van der Waals surface area contributed by atoms with Crippen molar-refractivity contribution >= 4 is 5.91 Å². The zero-order valence-electron chi connectivity index (χ0n) is 12.5. The van der Waals surface area contributed by atoms with Gasteiger partial charge in [-0.1, -0.05) is 47.1 Å². The lowest BCUT2D eigenvalue weighted by Gasteiger charge is -2.12. The summed E-state index contributed by atoms with van der Waals surface area (Å²) in [6, 6.07) is 11.3. The summed E-state index contributed by atoms with van der Waals surface area (Å²) in [5, 5.41) is 6.77. The van der Waals surface area contributed by atoms with Crippen molar-refractivity contribution in [3.8, 4) is 11.3 Å². The summed E-state index contributed by atoms with van der Waals surface area (Å²) >= 11 is 0. The van der Waals surface area contributed by atoms with Crippen LogP contribution in [0.25, 0.3) is 11.3 Å². The van der Waals surface area contributed by atoms with Crippen LogP contribution in [0.3, 0.4) is 0 Å². The summed E-state index contributed by atoms with van der Waals surface area (Å²) in [5.74, 6) is 0.433. The average Bonchev–Trinajstić information content (AvgIpc) is 3.07. The molecule has 0 aliphatic heterocycles. The highest BCUT2D eigenvalue weighted by Crippen LogP contribution is 2.20. The standard InChI is InChI=1S/C18H20N2O2/c21-18(19-12-11-14-7-3-1-4-8-14)16-13-17(22-20-16)15-9-5-2-6-10-15/h2,5-7,9-10,13H,1,3-4,8,11-12H2,(H,19,21). The fraction of sp³-hybridized carbons (Fsp3) is 0.333. The molecule has 1 heterocycles. The first-order chi connectivity index (χ1) is 10.8. The van der Waals surface area contributed by atoms with Crippen LogP contribution >= 0.6 is 0 Å². The Labute approximate surface area is 130 Å². The second-order valence-corrected chi connectivity index (χ2v) is 5.56. The molecule has 0 spiro atoms. The van der Waals surface area contributed by atoms with Gasteiger partial charge in [0.25, 0.3) is 5.91 Å². The third-order valence-corrected chi connectivity index (χ3v) is 3.92. The fourth-order valence-corrected chi connectivity index (χ4v) is 2.68. The molecule has 4 nitrogen and oxygen atoms in total. The molecule has 1 aliphatic rings. The Hall–Kier alpha value is -2.36. The van der Waals surface area contributed by atoms with Crippen LogP contribution in [0.1, 0.15) is 42.6 Å². The van der Waals surface area contributed by atoms with Gasteiger partial charge in [-0.2, -0.15) is 0 Å². The molecule has 114 valence electrons. The van der Waals surface area contributed by atoms with Crippen LogP contribution in [-0.2, 0) is 0 Å². The summed E-state index contributed by atoms with van der Waals surface area (Å²) in [6.07, 6.45) is 8.12. The van der Waals surface area contributed by atoms with Gasteiger partial charge in [0.2, 0.25) is 0 Å². The number of rotatable bonds is 5. The Morgan fingerprint density at radius 1 is 1.23 bits per heavy atom. The van der Waals surface area contributed by atoms with E-state index in [4.69, 9.17) is 4.52 Å². The average molecular weight is 296 g/mol. The number of allylic oxidation sites excluding steroid dienone is 1. The molecule has 1 aliphatic carbocycles. The molecule has 0 saturated heterocycles. The Morgan fingerprint density at radius 2 is 2.09 bits per heavy atom. The molecule has 1 aromatic carbocycles. The van der Waals surface area contributed by atoms with Crippen molar-refractivity contribution in [3.63, 3.8) is 0 Å². The van der Waals surface area contributed by atoms with Crippen LogP contribution < -0.4 is 5.32 Å². The minimum atomic E-state index is -0.178. The van der Waals surface area contributed by atoms with Gasteiger partial charge in [-0.25, -0.2) is 0 Å². The molecule has 1 aromatic heterocycles. The Morgan fingerprint density at radius 3 is 2.86 bits per heavy atom. The predicted octanol–water partition coefficient (Wildman–Crippen LogP) is 3.96. The number of carbonyl (C=O) groups excluding carboxylic acids is 1. The van der Waals surface area contributed by atoms with Gasteiger partial charge in [0.05, 0.1) is 0 Å². The van der Waals surface area contributed by atoms with Crippen LogP contribution in [0.15, 0.2) is 52.6 Å². The Kier molecular flexibility index (Phi) is 4.68. The lowest BCUT2D eigenvalue weighted by atomic mass is 9.97. The predicted molar refractivity (Wildman–Crippen MR) is 85.4 cm³/mol. The minimum Gasteiger partial charge on any atom is -0.355 e. The lowest BCUT2D eigenvalue weighted by Crippen LogP contribution is -2.25. The summed E-state index contributed by atoms with van der Waals surface area (Å²) in [5.41, 5.74) is 2.70. The van der Waals surface area contributed by atoms with Crippen LogP contribution in [0, 0.1) is 0 Å². The van der Waals surface area contributed by atoms with E-state index in [1.54, 1.807) is 6.07 Å². The monoisotopic (exact) mass is 296 g/mol. The van der Waals surface area contributed by atoms with Crippen molar-refractivity contribution in [2.75, 3.05) is 6.54 Å². The van der Waals surface area contributed by atoms with E-state index in [1.165, 1.54) is 24.8 Å². The molecular weight excluding hydrogens is 276 g/mol. The zero-order valence-corrected chi connectivity index (χ0v) is 12.5. The normalized spacial score (nSPS) is 14.5. The van der Waals surface area contributed by atoms with E-state index in [0.29, 0.717) is 18.0 Å². The Balaban J connectivity index is 1.54. The molecule has 0 radical (unpaired) electrons. The minimum absolute atomic E-state index is 0.178. The molecule has 0 unspecified atom stereocenters. The summed E-state index contributed by atoms with van der Waals surface area (Å²) < 4.78 is 5.25. The third kappa shape index (κ3) is 3.64. The van der Waals surface area contributed by atoms with E-state index in [0.717, 1.165) is 18.4 Å². The van der Waals surface area contributed by atoms with Crippen LogP contribution in [0.4, 0.5) is 0 Å². The molecule has 0 saturated carbocycles. The fourth-order valence-electron chi connectivity index (χ4n) is 2.68. The van der Waals surface area contributed by atoms with E-state index in [9.17, 15) is 4.79 Å². The molecule has 1 N–H and O–H groups in total. The number of nitrogens with one attached hydrogen (secondary N) is 1. The van der Waals surface area contributed by atoms with Crippen molar-refractivity contribution < 1.29 is 9.32 Å². The molecule has 2 aromatic rings. The molecular formula is C18H20N2O2. The van der Waals surface area contributed by atoms with Gasteiger partial charge >= 0.3 is 0 Å². The first-order valence-electron chi connectivity index (χ1n) is 7.81. The number of carbonyl (C=O) groups is 1. The SMILES string of the molecule is O=C(NCCC1=CCCCC1)c1cc(-c2ccccc2)on1. The maximum Gasteiger partial charge on any atom is 0.273 e. The smallest absolute Gasteiger partial charge is 0.273 e. The van der Waals surface area contributed by atoms with Gasteiger partial charge in [-0.3, -0.25) is 4.79 Å². The van der Waals surface area contributed by atoms with Gasteiger partial charge in [0, 0.05) is 18.2 Å². The van der Waals surface area contributed by atoms with Crippen molar-refractivity contribution in [3.05, 3.63) is 53.7 Å². The number of hydrogen-bond acceptors (Lipinski definition) is 3. The van der Waals surface area contributed by atoms with E-state index in [2.05, 4.69) is 16.5 Å². The van der Waals surface area contributed by atoms with Gasteiger partial charge < -0.3 is 9.84 Å². The molecule has 0 fully saturated rings. The largest absolute Gasteiger partial charge is 0.355 e. The van der Waals surface area contributed by atoms with Crippen LogP contribution in [0.5, 0.6) is 0 Å². The first kappa shape index (κ1) is 14.6. The molecule has 22 heavy (non-hydrogen) atoms. The Bertz CT molecular complexity index is 659. The molecule has 0 bridgehead atoms. The van der Waals surface area contributed by atoms with Crippen molar-refractivity contribution in [2.24, 2.45) is 0 Å². The van der Waals surface area contributed by atoms with Crippen LogP contribution in [-0.4, -0.2) is 17.6 Å². The van der Waals surface area contributed by atoms with E-state index < -0.39 is 0 Å². The maximum absolute atomic E-state index is 12.1. The number of aromatic nitrogens is 1. The summed E-state index contributed by atoms with van der Waals surface area (Å²) in [7, 11) is 0. The highest BCUT2D eigenvalue weighted by Gasteiger charge is 2.13. The molecule has 3 rings (SSSR count). The van der Waals surface area contributed by atoms with Crippen molar-refractivity contribution in [2.45, 2.75) is 32.1 Å². The van der Waals surface area contributed by atoms with Gasteiger partial charge in [-0.05, 0) is 32.1 Å². The quantitative estimate of drug-likeness (QED) is 0.850. The highest BCUT2D eigenvalue weighted by molar-refractivity contribution is 5.93. The second-order valence-electron chi connectivity index (χ2n) is 5.56. The molecule has 4 heteroatoms. The molecule has 0 atom stereocenters. The van der Waals surface area contributed by atoms with E-state index in [1.807, 2.05) is 30.3 Å². The molecule has 1 amide bonds.